The van der Waals surface area contributed by atoms with E-state index in [0.29, 0.717) is 23.8 Å². The van der Waals surface area contributed by atoms with Crippen LogP contribution in [0.4, 0.5) is 5.82 Å². The molecule has 0 fully saturated rings. The summed E-state index contributed by atoms with van der Waals surface area (Å²) < 4.78 is 0. The number of aromatic amines is 1. The van der Waals surface area contributed by atoms with Crippen LogP contribution in [0.2, 0.25) is 0 Å². The molecule has 34 heavy (non-hydrogen) atoms. The quantitative estimate of drug-likeness (QED) is 0.168. The SMILES string of the molecule is C=C/N=C(\C=C(/C)c1cnc2[nH]ccc2c1)N(Cc1ccc(C(=O)NO)cc1)c1cnccn1. The molecule has 0 saturated heterocycles. The van der Waals surface area contributed by atoms with Gasteiger partial charge in [0.15, 0.2) is 5.82 Å². The van der Waals surface area contributed by atoms with Crippen molar-refractivity contribution in [2.45, 2.75) is 13.5 Å². The van der Waals surface area contributed by atoms with Crippen LogP contribution < -0.4 is 10.4 Å². The summed E-state index contributed by atoms with van der Waals surface area (Å²) in [7, 11) is 0. The molecule has 0 radical (unpaired) electrons. The summed E-state index contributed by atoms with van der Waals surface area (Å²) in [5.74, 6) is 0.640. The van der Waals surface area contributed by atoms with Gasteiger partial charge in [-0.2, -0.15) is 0 Å². The Morgan fingerprint density at radius 2 is 2.00 bits per heavy atom. The first-order chi connectivity index (χ1) is 16.6. The average molecular weight is 454 g/mol. The van der Waals surface area contributed by atoms with Gasteiger partial charge in [-0.25, -0.2) is 20.4 Å². The molecule has 3 heterocycles. The molecule has 9 heteroatoms. The van der Waals surface area contributed by atoms with Gasteiger partial charge in [-0.3, -0.25) is 15.0 Å². The number of carbonyl (C=O) groups is 1. The van der Waals surface area contributed by atoms with Crippen molar-refractivity contribution in [2.75, 3.05) is 4.90 Å². The Hall–Kier alpha value is -4.63. The molecular formula is C25H23N7O2. The number of rotatable bonds is 7. The summed E-state index contributed by atoms with van der Waals surface area (Å²) in [5, 5.41) is 9.87. The summed E-state index contributed by atoms with van der Waals surface area (Å²) in [6, 6.07) is 10.9. The highest BCUT2D eigenvalue weighted by Gasteiger charge is 2.16. The lowest BCUT2D eigenvalue weighted by Gasteiger charge is -2.24. The number of H-pyrrole nitrogens is 1. The second kappa shape index (κ2) is 10.3. The van der Waals surface area contributed by atoms with Crippen LogP contribution in [0.5, 0.6) is 0 Å². The van der Waals surface area contributed by atoms with E-state index < -0.39 is 5.91 Å². The van der Waals surface area contributed by atoms with Crippen molar-refractivity contribution in [1.82, 2.24) is 25.4 Å². The molecule has 1 aromatic carbocycles. The number of hydroxylamine groups is 1. The Kier molecular flexibility index (Phi) is 6.85. The zero-order chi connectivity index (χ0) is 23.9. The fraction of sp³-hybridized carbons (Fsp3) is 0.0800. The number of nitrogens with zero attached hydrogens (tertiary/aromatic N) is 5. The van der Waals surface area contributed by atoms with Gasteiger partial charge < -0.3 is 9.88 Å². The Labute approximate surface area is 196 Å². The summed E-state index contributed by atoms with van der Waals surface area (Å²) in [6.45, 7) is 6.17. The first-order valence-electron chi connectivity index (χ1n) is 10.5. The summed E-state index contributed by atoms with van der Waals surface area (Å²) in [5.41, 5.74) is 5.63. The molecule has 3 N–H and O–H groups in total. The number of anilines is 1. The average Bonchev–Trinajstić information content (AvgIpc) is 3.35. The molecule has 0 unspecified atom stereocenters. The largest absolute Gasteiger partial charge is 0.346 e. The van der Waals surface area contributed by atoms with E-state index in [-0.39, 0.29) is 0 Å². The minimum atomic E-state index is -0.571. The van der Waals surface area contributed by atoms with Crippen LogP contribution in [0, 0.1) is 0 Å². The third kappa shape index (κ3) is 5.05. The standard InChI is InChI=1S/C25H23N7O2/c1-3-27-22(12-17(2)21-13-20-8-9-29-24(20)30-14-21)32(23-15-26-10-11-28-23)16-18-4-6-19(7-5-18)25(33)31-34/h3-15,34H,1,16H2,2H3,(H,29,30)(H,31,33)/b17-12+,27-22+. The van der Waals surface area contributed by atoms with Gasteiger partial charge >= 0.3 is 0 Å². The number of hydrogen-bond acceptors (Lipinski definition) is 6. The predicted octanol–water partition coefficient (Wildman–Crippen LogP) is 4.12. The number of aliphatic imine (C=N–C) groups is 1. The maximum absolute atomic E-state index is 11.6. The van der Waals surface area contributed by atoms with E-state index in [0.717, 1.165) is 27.7 Å². The number of amides is 1. The van der Waals surface area contributed by atoms with Gasteiger partial charge in [0.1, 0.15) is 11.5 Å². The molecular weight excluding hydrogens is 430 g/mol. The number of amidine groups is 1. The zero-order valence-electron chi connectivity index (χ0n) is 18.5. The molecule has 1 amide bonds. The van der Waals surface area contributed by atoms with Crippen molar-refractivity contribution in [3.8, 4) is 0 Å². The number of aromatic nitrogens is 4. The molecule has 0 aliphatic rings. The van der Waals surface area contributed by atoms with Crippen LogP contribution in [-0.4, -0.2) is 36.9 Å². The highest BCUT2D eigenvalue weighted by atomic mass is 16.5. The van der Waals surface area contributed by atoms with Crippen LogP contribution in [0.1, 0.15) is 28.4 Å². The lowest BCUT2D eigenvalue weighted by molar-refractivity contribution is 0.0706. The third-order valence-corrected chi connectivity index (χ3v) is 5.19. The highest BCUT2D eigenvalue weighted by molar-refractivity contribution is 6.09. The fourth-order valence-electron chi connectivity index (χ4n) is 3.43. The van der Waals surface area contributed by atoms with E-state index in [1.807, 2.05) is 36.4 Å². The Balaban J connectivity index is 1.70. The first kappa shape index (κ1) is 22.6. The van der Waals surface area contributed by atoms with Crippen LogP contribution in [0.3, 0.4) is 0 Å². The monoisotopic (exact) mass is 453 g/mol. The van der Waals surface area contributed by atoms with E-state index in [1.165, 1.54) is 6.20 Å². The molecule has 0 spiro atoms. The molecule has 0 aliphatic carbocycles. The van der Waals surface area contributed by atoms with Crippen LogP contribution in [-0.2, 0) is 6.54 Å². The van der Waals surface area contributed by atoms with Crippen molar-refractivity contribution < 1.29 is 10.0 Å². The molecule has 0 atom stereocenters. The zero-order valence-corrected chi connectivity index (χ0v) is 18.5. The Morgan fingerprint density at radius 3 is 2.71 bits per heavy atom. The van der Waals surface area contributed by atoms with Gasteiger partial charge in [-0.1, -0.05) is 18.7 Å². The molecule has 9 nitrogen and oxygen atoms in total. The molecule has 0 aliphatic heterocycles. The van der Waals surface area contributed by atoms with Crippen molar-refractivity contribution in [3.63, 3.8) is 0 Å². The van der Waals surface area contributed by atoms with Gasteiger partial charge in [-0.15, -0.1) is 0 Å². The van der Waals surface area contributed by atoms with Gasteiger partial charge in [0.05, 0.1) is 12.7 Å². The molecule has 4 rings (SSSR count). The van der Waals surface area contributed by atoms with Crippen LogP contribution >= 0.6 is 0 Å². The number of benzene rings is 1. The van der Waals surface area contributed by atoms with E-state index in [4.69, 9.17) is 5.21 Å². The lowest BCUT2D eigenvalue weighted by Crippen LogP contribution is -2.30. The summed E-state index contributed by atoms with van der Waals surface area (Å²) in [6.07, 6.45) is 12.0. The summed E-state index contributed by atoms with van der Waals surface area (Å²) >= 11 is 0. The minimum absolute atomic E-state index is 0.348. The van der Waals surface area contributed by atoms with Crippen molar-refractivity contribution >= 4 is 34.2 Å². The van der Waals surface area contributed by atoms with Crippen molar-refractivity contribution in [2.24, 2.45) is 4.99 Å². The normalized spacial score (nSPS) is 11.9. The van der Waals surface area contributed by atoms with Crippen molar-refractivity contribution in [3.05, 3.63) is 103 Å². The van der Waals surface area contributed by atoms with Gasteiger partial charge in [0, 0.05) is 41.9 Å². The van der Waals surface area contributed by atoms with E-state index in [2.05, 4.69) is 37.6 Å². The predicted molar refractivity (Wildman–Crippen MR) is 131 cm³/mol. The maximum atomic E-state index is 11.6. The number of nitrogens with one attached hydrogen (secondary N) is 2. The van der Waals surface area contributed by atoms with E-state index >= 15 is 0 Å². The fourth-order valence-corrected chi connectivity index (χ4v) is 3.43. The molecule has 0 bridgehead atoms. The minimum Gasteiger partial charge on any atom is -0.346 e. The van der Waals surface area contributed by atoms with Gasteiger partial charge in [0.25, 0.3) is 5.91 Å². The second-order valence-corrected chi connectivity index (χ2v) is 7.42. The van der Waals surface area contributed by atoms with Gasteiger partial charge in [0.2, 0.25) is 0 Å². The van der Waals surface area contributed by atoms with Crippen LogP contribution in [0.25, 0.3) is 16.6 Å². The maximum Gasteiger partial charge on any atom is 0.274 e. The molecule has 170 valence electrons. The number of pyridine rings is 1. The van der Waals surface area contributed by atoms with E-state index in [1.54, 1.807) is 48.3 Å². The Morgan fingerprint density at radius 1 is 1.18 bits per heavy atom. The van der Waals surface area contributed by atoms with E-state index in [9.17, 15) is 4.79 Å². The lowest BCUT2D eigenvalue weighted by atomic mass is 10.1. The van der Waals surface area contributed by atoms with Gasteiger partial charge in [-0.05, 0) is 54.0 Å². The number of hydrogen-bond donors (Lipinski definition) is 3. The number of allylic oxidation sites excluding steroid dienone is 1. The molecule has 0 saturated carbocycles. The molecule has 3 aromatic heterocycles. The molecule has 4 aromatic rings. The number of carbonyl (C=O) groups excluding carboxylic acids is 1. The van der Waals surface area contributed by atoms with Crippen LogP contribution in [0.15, 0.2) is 91.2 Å². The second-order valence-electron chi connectivity index (χ2n) is 7.42. The van der Waals surface area contributed by atoms with Crippen molar-refractivity contribution in [1.29, 1.82) is 0 Å². The highest BCUT2D eigenvalue weighted by Crippen LogP contribution is 2.21. The Bertz CT molecular complexity index is 1360. The third-order valence-electron chi connectivity index (χ3n) is 5.19. The number of fused-ring (bicyclic) bond motifs is 1. The topological polar surface area (TPSA) is 119 Å². The first-order valence-corrected chi connectivity index (χ1v) is 10.5. The summed E-state index contributed by atoms with van der Waals surface area (Å²) in [4.78, 5) is 34.3. The smallest absolute Gasteiger partial charge is 0.274 e.